The highest BCUT2D eigenvalue weighted by molar-refractivity contribution is 7.47. The topological polar surface area (TPSA) is 237 Å². The third kappa shape index (κ3) is 64.6. The number of carbonyl (C=O) groups is 4. The van der Waals surface area contributed by atoms with Gasteiger partial charge in [-0.2, -0.15) is 0 Å². The van der Waals surface area contributed by atoms with Crippen molar-refractivity contribution in [2.45, 2.75) is 374 Å². The van der Waals surface area contributed by atoms with Crippen LogP contribution >= 0.6 is 15.6 Å². The maximum absolute atomic E-state index is 13.0. The molecule has 0 aliphatic carbocycles. The molecule has 0 amide bonds. The molecule has 0 saturated heterocycles. The van der Waals surface area contributed by atoms with E-state index in [9.17, 15) is 43.2 Å². The van der Waals surface area contributed by atoms with Crippen molar-refractivity contribution in [3.63, 3.8) is 0 Å². The molecule has 5 atom stereocenters. The molecule has 19 heteroatoms. The Labute approximate surface area is 543 Å². The Hall–Kier alpha value is -1.94. The molecule has 0 heterocycles. The lowest BCUT2D eigenvalue weighted by Gasteiger charge is -2.21. The van der Waals surface area contributed by atoms with Crippen molar-refractivity contribution in [3.05, 3.63) is 0 Å². The lowest BCUT2D eigenvalue weighted by molar-refractivity contribution is -0.161. The Kier molecular flexibility index (Phi) is 60.8. The Morgan fingerprint density at radius 2 is 0.517 bits per heavy atom. The molecule has 2 unspecified atom stereocenters. The first kappa shape index (κ1) is 87.1. The molecule has 89 heavy (non-hydrogen) atoms. The van der Waals surface area contributed by atoms with Gasteiger partial charge in [0.2, 0.25) is 0 Å². The van der Waals surface area contributed by atoms with Crippen molar-refractivity contribution in [2.24, 2.45) is 11.8 Å². The van der Waals surface area contributed by atoms with E-state index in [4.69, 9.17) is 37.0 Å². The summed E-state index contributed by atoms with van der Waals surface area (Å²) >= 11 is 0. The lowest BCUT2D eigenvalue weighted by atomic mass is 10.0. The van der Waals surface area contributed by atoms with E-state index in [-0.39, 0.29) is 25.7 Å². The average molecular weight is 1310 g/mol. The summed E-state index contributed by atoms with van der Waals surface area (Å²) in [5.74, 6) is -0.622. The van der Waals surface area contributed by atoms with E-state index in [1.54, 1.807) is 0 Å². The van der Waals surface area contributed by atoms with Gasteiger partial charge >= 0.3 is 39.5 Å². The molecule has 528 valence electrons. The van der Waals surface area contributed by atoms with Crippen LogP contribution in [-0.2, 0) is 65.4 Å². The fourth-order valence-corrected chi connectivity index (χ4v) is 12.2. The van der Waals surface area contributed by atoms with Gasteiger partial charge in [0, 0.05) is 25.7 Å². The molecule has 0 spiro atoms. The van der Waals surface area contributed by atoms with Crippen molar-refractivity contribution < 1.29 is 80.2 Å². The lowest BCUT2D eigenvalue weighted by Crippen LogP contribution is -2.30. The van der Waals surface area contributed by atoms with Gasteiger partial charge in [0.15, 0.2) is 12.2 Å². The first-order chi connectivity index (χ1) is 42.9. The molecule has 0 aromatic carbocycles. The molecule has 0 aromatic heterocycles. The van der Waals surface area contributed by atoms with Crippen molar-refractivity contribution in [1.82, 2.24) is 0 Å². The first-order valence-electron chi connectivity index (χ1n) is 36.5. The van der Waals surface area contributed by atoms with E-state index in [0.29, 0.717) is 25.7 Å². The van der Waals surface area contributed by atoms with E-state index in [1.807, 2.05) is 0 Å². The minimum atomic E-state index is -4.95. The number of esters is 4. The Bertz CT molecular complexity index is 1730. The number of phosphoric acid groups is 2. The minimum Gasteiger partial charge on any atom is -0.462 e. The number of carbonyl (C=O) groups excluding carboxylic acids is 4. The van der Waals surface area contributed by atoms with Crippen LogP contribution in [0.15, 0.2) is 0 Å². The highest BCUT2D eigenvalue weighted by atomic mass is 31.2. The van der Waals surface area contributed by atoms with Crippen molar-refractivity contribution in [2.75, 3.05) is 39.6 Å². The summed E-state index contributed by atoms with van der Waals surface area (Å²) in [7, 11) is -9.90. The van der Waals surface area contributed by atoms with Crippen LogP contribution < -0.4 is 0 Å². The average Bonchev–Trinajstić information content (AvgIpc) is 3.51. The third-order valence-corrected chi connectivity index (χ3v) is 18.1. The second kappa shape index (κ2) is 62.2. The van der Waals surface area contributed by atoms with E-state index >= 15 is 0 Å². The van der Waals surface area contributed by atoms with Gasteiger partial charge in [0.05, 0.1) is 26.4 Å². The van der Waals surface area contributed by atoms with Gasteiger partial charge < -0.3 is 33.8 Å². The zero-order valence-electron chi connectivity index (χ0n) is 57.7. The molecule has 0 bridgehead atoms. The second-order valence-corrected chi connectivity index (χ2v) is 29.1. The summed E-state index contributed by atoms with van der Waals surface area (Å²) in [5, 5.41) is 10.6. The third-order valence-electron chi connectivity index (χ3n) is 16.2. The number of aliphatic hydroxyl groups is 1. The van der Waals surface area contributed by atoms with Gasteiger partial charge in [-0.3, -0.25) is 37.3 Å². The maximum atomic E-state index is 13.0. The summed E-state index contributed by atoms with van der Waals surface area (Å²) in [6.45, 7) is 9.50. The highest BCUT2D eigenvalue weighted by Gasteiger charge is 2.30. The molecule has 0 aliphatic rings. The fraction of sp³-hybridized carbons (Fsp3) is 0.943. The van der Waals surface area contributed by atoms with Gasteiger partial charge in [-0.25, -0.2) is 9.13 Å². The predicted molar refractivity (Wildman–Crippen MR) is 358 cm³/mol. The van der Waals surface area contributed by atoms with Crippen LogP contribution in [0.25, 0.3) is 0 Å². The van der Waals surface area contributed by atoms with E-state index in [1.165, 1.54) is 167 Å². The van der Waals surface area contributed by atoms with Crippen LogP contribution in [-0.4, -0.2) is 96.7 Å². The maximum Gasteiger partial charge on any atom is 0.472 e. The van der Waals surface area contributed by atoms with Gasteiger partial charge in [-0.05, 0) is 37.5 Å². The number of rotatable bonds is 69. The summed E-state index contributed by atoms with van der Waals surface area (Å²) in [6, 6.07) is 0. The van der Waals surface area contributed by atoms with E-state index in [2.05, 4.69) is 41.5 Å². The summed E-state index contributed by atoms with van der Waals surface area (Å²) in [5.41, 5.74) is 0. The summed E-state index contributed by atoms with van der Waals surface area (Å²) in [4.78, 5) is 72.5. The zero-order chi connectivity index (χ0) is 65.7. The van der Waals surface area contributed by atoms with Crippen LogP contribution in [0.2, 0.25) is 0 Å². The number of hydrogen-bond acceptors (Lipinski definition) is 15. The van der Waals surface area contributed by atoms with Crippen molar-refractivity contribution in [1.29, 1.82) is 0 Å². The number of unbranched alkanes of at least 4 members (excludes halogenated alkanes) is 39. The highest BCUT2D eigenvalue weighted by Crippen LogP contribution is 2.45. The Morgan fingerprint density at radius 3 is 0.764 bits per heavy atom. The fourth-order valence-electron chi connectivity index (χ4n) is 10.6. The Morgan fingerprint density at radius 1 is 0.303 bits per heavy atom. The van der Waals surface area contributed by atoms with Crippen LogP contribution in [0.5, 0.6) is 0 Å². The van der Waals surface area contributed by atoms with E-state index < -0.39 is 97.5 Å². The summed E-state index contributed by atoms with van der Waals surface area (Å²) in [6.07, 6.45) is 47.2. The standard InChI is InChI=1S/C70H136O17P2/c1-7-9-11-13-15-17-18-19-22-25-28-35-41-47-53-68(73)81-59-66(86-69(74)54-48-42-36-29-26-23-20-21-24-27-32-38-44-50-62(3)4)61-85-89(78,79)83-57-64(71)56-82-88(76,77)84-60-65(58-80-67(72)52-46-40-34-16-14-12-10-8-2)87-70(75)55-49-43-37-31-30-33-39-45-51-63(5)6/h62-66,71H,7-61H2,1-6H3,(H,76,77)(H,78,79)/t64-,65+,66+/m0/s1. The number of aliphatic hydroxyl groups excluding tert-OH is 1. The predicted octanol–water partition coefficient (Wildman–Crippen LogP) is 20.0. The molecule has 0 fully saturated rings. The van der Waals surface area contributed by atoms with Crippen LogP contribution in [0.1, 0.15) is 356 Å². The molecule has 0 aromatic rings. The molecule has 0 saturated carbocycles. The minimum absolute atomic E-state index is 0.104. The van der Waals surface area contributed by atoms with Crippen LogP contribution in [0, 0.1) is 11.8 Å². The second-order valence-electron chi connectivity index (χ2n) is 26.2. The number of ether oxygens (including phenoxy) is 4. The van der Waals surface area contributed by atoms with Gasteiger partial charge in [0.1, 0.15) is 19.3 Å². The molecule has 0 rings (SSSR count). The molecular weight excluding hydrogens is 1170 g/mol. The van der Waals surface area contributed by atoms with Crippen molar-refractivity contribution >= 4 is 39.5 Å². The monoisotopic (exact) mass is 1310 g/mol. The molecular formula is C70H136O17P2. The quantitative estimate of drug-likeness (QED) is 0.0222. The van der Waals surface area contributed by atoms with Crippen LogP contribution in [0.4, 0.5) is 0 Å². The molecule has 0 radical (unpaired) electrons. The molecule has 0 aliphatic heterocycles. The van der Waals surface area contributed by atoms with Gasteiger partial charge in [0.25, 0.3) is 0 Å². The number of hydrogen-bond donors (Lipinski definition) is 3. The van der Waals surface area contributed by atoms with Gasteiger partial charge in [-0.1, -0.05) is 305 Å². The number of phosphoric ester groups is 2. The summed E-state index contributed by atoms with van der Waals surface area (Å²) < 4.78 is 68.2. The molecule has 3 N–H and O–H groups in total. The smallest absolute Gasteiger partial charge is 0.462 e. The van der Waals surface area contributed by atoms with Crippen molar-refractivity contribution in [3.8, 4) is 0 Å². The van der Waals surface area contributed by atoms with Gasteiger partial charge in [-0.15, -0.1) is 0 Å². The molecule has 17 nitrogen and oxygen atoms in total. The first-order valence-corrected chi connectivity index (χ1v) is 39.5. The SMILES string of the molecule is CCCCCCCCCCCCCCCCC(=O)OC[C@H](COP(=O)(O)OC[C@@H](O)COP(=O)(O)OC[C@@H](COC(=O)CCCCCCCCCC)OC(=O)CCCCCCCCCCC(C)C)OC(=O)CCCCCCCCCCCCCCCC(C)C. The normalized spacial score (nSPS) is 14.1. The Balaban J connectivity index is 5.22. The van der Waals surface area contributed by atoms with E-state index in [0.717, 1.165) is 108 Å². The zero-order valence-corrected chi connectivity index (χ0v) is 59.5. The van der Waals surface area contributed by atoms with Crippen LogP contribution in [0.3, 0.4) is 0 Å². The largest absolute Gasteiger partial charge is 0.472 e.